The maximum atomic E-state index is 2.28. The van der Waals surface area contributed by atoms with Crippen molar-refractivity contribution >= 4 is 21.5 Å². The predicted molar refractivity (Wildman–Crippen MR) is 106 cm³/mol. The molecule has 0 heteroatoms. The maximum absolute atomic E-state index is 2.28. The van der Waals surface area contributed by atoms with E-state index in [1.165, 1.54) is 54.9 Å². The van der Waals surface area contributed by atoms with E-state index in [1.807, 2.05) is 0 Å². The third-order valence-corrected chi connectivity index (χ3v) is 5.48. The molecule has 0 aliphatic carbocycles. The van der Waals surface area contributed by atoms with Crippen LogP contribution in [-0.2, 0) is 0 Å². The molecule has 0 aliphatic rings. The molecule has 0 N–H and O–H groups in total. The van der Waals surface area contributed by atoms with Crippen molar-refractivity contribution in [2.24, 2.45) is 0 Å². The molecule has 0 aromatic heterocycles. The lowest BCUT2D eigenvalue weighted by molar-refractivity contribution is 1.29. The average Bonchev–Trinajstić information content (AvgIpc) is 2.60. The van der Waals surface area contributed by atoms with Gasteiger partial charge in [0.25, 0.3) is 0 Å². The van der Waals surface area contributed by atoms with Gasteiger partial charge in [-0.25, -0.2) is 0 Å². The third-order valence-electron chi connectivity index (χ3n) is 5.48. The van der Waals surface area contributed by atoms with Gasteiger partial charge in [-0.05, 0) is 82.6 Å². The summed E-state index contributed by atoms with van der Waals surface area (Å²) in [4.78, 5) is 0. The van der Waals surface area contributed by atoms with Gasteiger partial charge in [-0.15, -0.1) is 0 Å². The zero-order valence-electron chi connectivity index (χ0n) is 14.8. The first kappa shape index (κ1) is 15.0. The summed E-state index contributed by atoms with van der Waals surface area (Å²) in [5.41, 5.74) is 8.28. The highest BCUT2D eigenvalue weighted by Crippen LogP contribution is 2.40. The lowest BCUT2D eigenvalue weighted by Crippen LogP contribution is -1.96. The van der Waals surface area contributed by atoms with Crippen molar-refractivity contribution in [2.75, 3.05) is 0 Å². The van der Waals surface area contributed by atoms with Crippen LogP contribution in [0.2, 0.25) is 0 Å². The Morgan fingerprint density at radius 1 is 0.542 bits per heavy atom. The van der Waals surface area contributed by atoms with Crippen LogP contribution in [0.3, 0.4) is 0 Å². The number of rotatable bonds is 1. The maximum Gasteiger partial charge on any atom is -0.00669 e. The van der Waals surface area contributed by atoms with Crippen molar-refractivity contribution in [3.63, 3.8) is 0 Å². The molecule has 0 atom stereocenters. The molecule has 0 nitrogen and oxygen atoms in total. The normalized spacial score (nSPS) is 11.3. The number of hydrogen-bond acceptors (Lipinski definition) is 0. The van der Waals surface area contributed by atoms with Crippen LogP contribution in [0.15, 0.2) is 60.7 Å². The number of fused-ring (bicyclic) bond motifs is 2. The summed E-state index contributed by atoms with van der Waals surface area (Å²) >= 11 is 0. The van der Waals surface area contributed by atoms with Gasteiger partial charge in [0.15, 0.2) is 0 Å². The fraction of sp³-hybridized carbons (Fsp3) is 0.167. The van der Waals surface area contributed by atoms with Gasteiger partial charge < -0.3 is 0 Å². The molecule has 4 aromatic rings. The fourth-order valence-electron chi connectivity index (χ4n) is 4.02. The minimum Gasteiger partial charge on any atom is -0.0616 e. The smallest absolute Gasteiger partial charge is 0.00669 e. The summed E-state index contributed by atoms with van der Waals surface area (Å²) in [6.45, 7) is 8.99. The Hall–Kier alpha value is -2.60. The zero-order valence-corrected chi connectivity index (χ0v) is 14.8. The van der Waals surface area contributed by atoms with Crippen LogP contribution in [0, 0.1) is 27.7 Å². The monoisotopic (exact) mass is 310 g/mol. The fourth-order valence-corrected chi connectivity index (χ4v) is 4.02. The Balaban J connectivity index is 2.24. The van der Waals surface area contributed by atoms with Gasteiger partial charge in [0, 0.05) is 0 Å². The topological polar surface area (TPSA) is 0 Å². The highest BCUT2D eigenvalue weighted by atomic mass is 14.2. The molecule has 0 fully saturated rings. The van der Waals surface area contributed by atoms with E-state index < -0.39 is 0 Å². The minimum absolute atomic E-state index is 1.30. The summed E-state index contributed by atoms with van der Waals surface area (Å²) in [7, 11) is 0. The summed E-state index contributed by atoms with van der Waals surface area (Å²) in [5, 5.41) is 5.40. The zero-order chi connectivity index (χ0) is 16.8. The summed E-state index contributed by atoms with van der Waals surface area (Å²) < 4.78 is 0. The second-order valence-corrected chi connectivity index (χ2v) is 6.77. The van der Waals surface area contributed by atoms with E-state index in [4.69, 9.17) is 0 Å². The Bertz CT molecular complexity index is 1080. The van der Waals surface area contributed by atoms with E-state index in [-0.39, 0.29) is 0 Å². The SMILES string of the molecule is Cc1c(C)c(C)c2c(C)cccc2c1-c1cccc2ccccc12. The van der Waals surface area contributed by atoms with Crippen LogP contribution in [-0.4, -0.2) is 0 Å². The molecule has 0 radical (unpaired) electrons. The van der Waals surface area contributed by atoms with E-state index in [1.54, 1.807) is 0 Å². The van der Waals surface area contributed by atoms with Gasteiger partial charge in [-0.2, -0.15) is 0 Å². The van der Waals surface area contributed by atoms with Crippen LogP contribution in [0.1, 0.15) is 22.3 Å². The highest BCUT2D eigenvalue weighted by Gasteiger charge is 2.16. The van der Waals surface area contributed by atoms with Crippen LogP contribution >= 0.6 is 0 Å². The summed E-state index contributed by atoms with van der Waals surface area (Å²) in [5.74, 6) is 0. The number of benzene rings is 4. The van der Waals surface area contributed by atoms with Gasteiger partial charge in [0.2, 0.25) is 0 Å². The first-order valence-corrected chi connectivity index (χ1v) is 8.57. The Morgan fingerprint density at radius 3 is 2.04 bits per heavy atom. The quantitative estimate of drug-likeness (QED) is 0.359. The predicted octanol–water partition coefficient (Wildman–Crippen LogP) is 6.89. The average molecular weight is 310 g/mol. The molecular formula is C24H22. The van der Waals surface area contributed by atoms with Crippen molar-refractivity contribution in [3.05, 3.63) is 82.9 Å². The Labute approximate surface area is 143 Å². The van der Waals surface area contributed by atoms with Gasteiger partial charge in [-0.3, -0.25) is 0 Å². The van der Waals surface area contributed by atoms with Crippen molar-refractivity contribution in [1.29, 1.82) is 0 Å². The van der Waals surface area contributed by atoms with Crippen molar-refractivity contribution in [1.82, 2.24) is 0 Å². The molecule has 0 saturated heterocycles. The highest BCUT2D eigenvalue weighted by molar-refractivity contribution is 6.08. The molecule has 4 rings (SSSR count). The Kier molecular flexibility index (Phi) is 3.42. The first-order chi connectivity index (χ1) is 11.6. The van der Waals surface area contributed by atoms with E-state index in [2.05, 4.69) is 88.4 Å². The molecule has 0 saturated carbocycles. The lowest BCUT2D eigenvalue weighted by atomic mass is 9.84. The van der Waals surface area contributed by atoms with Gasteiger partial charge in [0.1, 0.15) is 0 Å². The van der Waals surface area contributed by atoms with Gasteiger partial charge in [-0.1, -0.05) is 60.7 Å². The second-order valence-electron chi connectivity index (χ2n) is 6.77. The van der Waals surface area contributed by atoms with Gasteiger partial charge in [0.05, 0.1) is 0 Å². The lowest BCUT2D eigenvalue weighted by Gasteiger charge is -2.19. The number of aryl methyl sites for hydroxylation is 2. The molecule has 0 aliphatic heterocycles. The largest absolute Gasteiger partial charge is 0.0616 e. The van der Waals surface area contributed by atoms with E-state index in [9.17, 15) is 0 Å². The molecular weight excluding hydrogens is 288 g/mol. The van der Waals surface area contributed by atoms with E-state index in [0.29, 0.717) is 0 Å². The molecule has 0 spiro atoms. The second kappa shape index (κ2) is 5.49. The van der Waals surface area contributed by atoms with Crippen molar-refractivity contribution in [3.8, 4) is 11.1 Å². The first-order valence-electron chi connectivity index (χ1n) is 8.57. The molecule has 0 bridgehead atoms. The molecule has 0 unspecified atom stereocenters. The Morgan fingerprint density at radius 2 is 1.21 bits per heavy atom. The van der Waals surface area contributed by atoms with Crippen molar-refractivity contribution < 1.29 is 0 Å². The molecule has 4 aromatic carbocycles. The minimum atomic E-state index is 1.30. The van der Waals surface area contributed by atoms with Crippen LogP contribution in [0.4, 0.5) is 0 Å². The van der Waals surface area contributed by atoms with Crippen LogP contribution in [0.25, 0.3) is 32.7 Å². The third kappa shape index (κ3) is 2.06. The summed E-state index contributed by atoms with van der Waals surface area (Å²) in [6.07, 6.45) is 0. The molecule has 24 heavy (non-hydrogen) atoms. The molecule has 118 valence electrons. The van der Waals surface area contributed by atoms with E-state index in [0.717, 1.165) is 0 Å². The van der Waals surface area contributed by atoms with Crippen LogP contribution < -0.4 is 0 Å². The van der Waals surface area contributed by atoms with E-state index >= 15 is 0 Å². The van der Waals surface area contributed by atoms with Crippen molar-refractivity contribution in [2.45, 2.75) is 27.7 Å². The molecule has 0 heterocycles. The standard InChI is InChI=1S/C24H22/c1-15-9-7-14-22-23(15)17(3)16(2)18(4)24(22)21-13-8-11-19-10-5-6-12-20(19)21/h5-14H,1-4H3. The van der Waals surface area contributed by atoms with Gasteiger partial charge >= 0.3 is 0 Å². The van der Waals surface area contributed by atoms with Crippen LogP contribution in [0.5, 0.6) is 0 Å². The number of hydrogen-bond donors (Lipinski definition) is 0. The summed E-state index contributed by atoms with van der Waals surface area (Å²) in [6, 6.07) is 22.0. The molecule has 0 amide bonds.